The summed E-state index contributed by atoms with van der Waals surface area (Å²) in [4.78, 5) is 28.8. The smallest absolute Gasteiger partial charge is 0.438 e. The number of para-hydroxylation sites is 2. The molecule has 0 fully saturated rings. The number of benzene rings is 2. The van der Waals surface area contributed by atoms with Crippen LogP contribution < -0.4 is 20.3 Å². The third-order valence-corrected chi connectivity index (χ3v) is 4.48. The normalized spacial score (nSPS) is 12.5. The van der Waals surface area contributed by atoms with Gasteiger partial charge < -0.3 is 14.8 Å². The number of carbonyl (C=O) groups excluding carboxylic acids is 1. The van der Waals surface area contributed by atoms with Crippen molar-refractivity contribution in [2.24, 2.45) is 0 Å². The summed E-state index contributed by atoms with van der Waals surface area (Å²) < 4.78 is 51.0. The Morgan fingerprint density at radius 3 is 2.40 bits per heavy atom. The summed E-state index contributed by atoms with van der Waals surface area (Å²) in [5, 5.41) is 2.58. The van der Waals surface area contributed by atoms with Crippen LogP contribution in [0.2, 0.25) is 0 Å². The summed E-state index contributed by atoms with van der Waals surface area (Å²) in [5.41, 5.74) is -2.57. The summed E-state index contributed by atoms with van der Waals surface area (Å²) in [6.07, 6.45) is -4.96. The third kappa shape index (κ3) is 3.93. The Morgan fingerprint density at radius 2 is 1.77 bits per heavy atom. The SMILES string of the molecule is COc1ccc(NC(=O)[C@H](C)n2c(=O)c(C(F)(F)F)nc3ccccc32)cc1OC. The van der Waals surface area contributed by atoms with E-state index in [1.165, 1.54) is 45.4 Å². The van der Waals surface area contributed by atoms with E-state index >= 15 is 0 Å². The molecule has 30 heavy (non-hydrogen) atoms. The van der Waals surface area contributed by atoms with Crippen LogP contribution in [0.25, 0.3) is 11.0 Å². The molecule has 1 atom stereocenters. The predicted octanol–water partition coefficient (Wildman–Crippen LogP) is 3.63. The zero-order chi connectivity index (χ0) is 22.1. The van der Waals surface area contributed by atoms with Crippen LogP contribution in [0.1, 0.15) is 18.7 Å². The van der Waals surface area contributed by atoms with Crippen LogP contribution in [-0.2, 0) is 11.0 Å². The van der Waals surface area contributed by atoms with Crippen LogP contribution in [0, 0.1) is 0 Å². The Morgan fingerprint density at radius 1 is 1.10 bits per heavy atom. The second kappa shape index (κ2) is 8.05. The van der Waals surface area contributed by atoms with Gasteiger partial charge in [0, 0.05) is 11.8 Å². The highest BCUT2D eigenvalue weighted by atomic mass is 19.4. The van der Waals surface area contributed by atoms with Gasteiger partial charge in [-0.1, -0.05) is 12.1 Å². The average molecular weight is 421 g/mol. The first-order valence-electron chi connectivity index (χ1n) is 8.78. The summed E-state index contributed by atoms with van der Waals surface area (Å²) >= 11 is 0. The van der Waals surface area contributed by atoms with E-state index < -0.39 is 29.4 Å². The number of nitrogens with zero attached hydrogens (tertiary/aromatic N) is 2. The number of aromatic nitrogens is 2. The number of rotatable bonds is 5. The van der Waals surface area contributed by atoms with Gasteiger partial charge in [-0.15, -0.1) is 0 Å². The van der Waals surface area contributed by atoms with E-state index in [9.17, 15) is 22.8 Å². The molecule has 1 N–H and O–H groups in total. The van der Waals surface area contributed by atoms with Crippen molar-refractivity contribution in [2.75, 3.05) is 19.5 Å². The number of hydrogen-bond acceptors (Lipinski definition) is 5. The zero-order valence-corrected chi connectivity index (χ0v) is 16.3. The standard InChI is InChI=1S/C20H18F3N3O4/c1-11(18(27)24-12-8-9-15(29-2)16(10-12)30-3)26-14-7-5-4-6-13(14)25-17(19(26)28)20(21,22)23/h4-11H,1-3H3,(H,24,27)/t11-/m0/s1. The van der Waals surface area contributed by atoms with Crippen LogP contribution in [0.5, 0.6) is 11.5 Å². The number of nitrogens with one attached hydrogen (secondary N) is 1. The molecule has 0 radical (unpaired) electrons. The summed E-state index contributed by atoms with van der Waals surface area (Å²) in [7, 11) is 2.88. The minimum Gasteiger partial charge on any atom is -0.493 e. The van der Waals surface area contributed by atoms with Gasteiger partial charge in [-0.3, -0.25) is 14.2 Å². The molecule has 3 aromatic rings. The van der Waals surface area contributed by atoms with Gasteiger partial charge in [-0.25, -0.2) is 4.98 Å². The molecule has 1 amide bonds. The largest absolute Gasteiger partial charge is 0.493 e. The van der Waals surface area contributed by atoms with Crippen molar-refractivity contribution in [1.29, 1.82) is 0 Å². The fraction of sp³-hybridized carbons (Fsp3) is 0.250. The van der Waals surface area contributed by atoms with Gasteiger partial charge in [0.25, 0.3) is 5.56 Å². The summed E-state index contributed by atoms with van der Waals surface area (Å²) in [6.45, 7) is 1.34. The van der Waals surface area contributed by atoms with Crippen molar-refractivity contribution in [3.05, 3.63) is 58.5 Å². The molecule has 0 aliphatic heterocycles. The highest BCUT2D eigenvalue weighted by Gasteiger charge is 2.38. The van der Waals surface area contributed by atoms with Crippen LogP contribution in [-0.4, -0.2) is 29.7 Å². The van der Waals surface area contributed by atoms with Crippen molar-refractivity contribution in [2.45, 2.75) is 19.1 Å². The van der Waals surface area contributed by atoms with Crippen LogP contribution in [0.4, 0.5) is 18.9 Å². The molecule has 2 aromatic carbocycles. The molecule has 0 aliphatic carbocycles. The van der Waals surface area contributed by atoms with Gasteiger partial charge in [0.1, 0.15) is 6.04 Å². The summed E-state index contributed by atoms with van der Waals surface area (Å²) in [5.74, 6) is 0.109. The Bertz CT molecular complexity index is 1160. The van der Waals surface area contributed by atoms with E-state index in [1.54, 1.807) is 18.2 Å². The van der Waals surface area contributed by atoms with Crippen LogP contribution in [0.3, 0.4) is 0 Å². The fourth-order valence-electron chi connectivity index (χ4n) is 3.00. The maximum absolute atomic E-state index is 13.3. The van der Waals surface area contributed by atoms with Gasteiger partial charge in [-0.2, -0.15) is 13.2 Å². The number of halogens is 3. The van der Waals surface area contributed by atoms with E-state index in [2.05, 4.69) is 10.3 Å². The molecule has 10 heteroatoms. The molecular formula is C20H18F3N3O4. The number of alkyl halides is 3. The van der Waals surface area contributed by atoms with E-state index in [1.807, 2.05) is 0 Å². The van der Waals surface area contributed by atoms with Gasteiger partial charge in [0.15, 0.2) is 11.5 Å². The molecule has 0 saturated heterocycles. The molecule has 0 aliphatic rings. The quantitative estimate of drug-likeness (QED) is 0.680. The third-order valence-electron chi connectivity index (χ3n) is 4.48. The molecule has 0 spiro atoms. The number of fused-ring (bicyclic) bond motifs is 1. The number of amides is 1. The lowest BCUT2D eigenvalue weighted by Crippen LogP contribution is -2.36. The molecule has 0 bridgehead atoms. The van der Waals surface area contributed by atoms with Crippen molar-refractivity contribution in [1.82, 2.24) is 9.55 Å². The Labute approximate surface area is 169 Å². The Balaban J connectivity index is 2.04. The van der Waals surface area contributed by atoms with E-state index in [0.29, 0.717) is 17.2 Å². The van der Waals surface area contributed by atoms with E-state index in [4.69, 9.17) is 9.47 Å². The minimum atomic E-state index is -4.96. The maximum Gasteiger partial charge on any atom is 0.438 e. The molecule has 0 unspecified atom stereocenters. The highest BCUT2D eigenvalue weighted by Crippen LogP contribution is 2.30. The number of anilines is 1. The lowest BCUT2D eigenvalue weighted by atomic mass is 10.2. The average Bonchev–Trinajstić information content (AvgIpc) is 2.71. The van der Waals surface area contributed by atoms with Crippen molar-refractivity contribution >= 4 is 22.6 Å². The minimum absolute atomic E-state index is 0.0461. The lowest BCUT2D eigenvalue weighted by Gasteiger charge is -2.19. The molecule has 7 nitrogen and oxygen atoms in total. The molecule has 3 rings (SSSR count). The van der Waals surface area contributed by atoms with E-state index in [0.717, 1.165) is 4.57 Å². The zero-order valence-electron chi connectivity index (χ0n) is 16.3. The Hall–Kier alpha value is -3.56. The fourth-order valence-corrected chi connectivity index (χ4v) is 3.00. The van der Waals surface area contributed by atoms with Crippen LogP contribution in [0.15, 0.2) is 47.3 Å². The second-order valence-corrected chi connectivity index (χ2v) is 6.36. The summed E-state index contributed by atoms with van der Waals surface area (Å²) in [6, 6.07) is 9.18. The van der Waals surface area contributed by atoms with Gasteiger partial charge in [0.05, 0.1) is 25.3 Å². The molecule has 0 saturated carbocycles. The molecule has 1 heterocycles. The highest BCUT2D eigenvalue weighted by molar-refractivity contribution is 5.94. The second-order valence-electron chi connectivity index (χ2n) is 6.36. The van der Waals surface area contributed by atoms with E-state index in [-0.39, 0.29) is 11.0 Å². The molecule has 1 aromatic heterocycles. The molecule has 158 valence electrons. The number of hydrogen-bond donors (Lipinski definition) is 1. The van der Waals surface area contributed by atoms with Crippen molar-refractivity contribution in [3.8, 4) is 11.5 Å². The Kier molecular flexibility index (Phi) is 5.68. The van der Waals surface area contributed by atoms with Gasteiger partial charge in [-0.05, 0) is 31.2 Å². The van der Waals surface area contributed by atoms with Gasteiger partial charge >= 0.3 is 6.18 Å². The first-order chi connectivity index (χ1) is 14.2. The monoisotopic (exact) mass is 421 g/mol. The van der Waals surface area contributed by atoms with Crippen molar-refractivity contribution in [3.63, 3.8) is 0 Å². The van der Waals surface area contributed by atoms with Crippen molar-refractivity contribution < 1.29 is 27.4 Å². The first-order valence-corrected chi connectivity index (χ1v) is 8.78. The number of carbonyl (C=O) groups is 1. The number of methoxy groups -OCH3 is 2. The van der Waals surface area contributed by atoms with Gasteiger partial charge in [0.2, 0.25) is 11.6 Å². The molecular weight excluding hydrogens is 403 g/mol. The topological polar surface area (TPSA) is 82.5 Å². The first kappa shape index (κ1) is 21.2. The predicted molar refractivity (Wildman–Crippen MR) is 104 cm³/mol. The number of ether oxygens (including phenoxy) is 2. The maximum atomic E-state index is 13.3. The van der Waals surface area contributed by atoms with Crippen LogP contribution >= 0.6 is 0 Å². The lowest BCUT2D eigenvalue weighted by molar-refractivity contribution is -0.142.